The van der Waals surface area contributed by atoms with Gasteiger partial charge in [-0.1, -0.05) is 11.3 Å². The number of benzene rings is 1. The van der Waals surface area contributed by atoms with Crippen molar-refractivity contribution >= 4 is 43.4 Å². The van der Waals surface area contributed by atoms with Crippen molar-refractivity contribution in [1.82, 2.24) is 30.2 Å². The summed E-state index contributed by atoms with van der Waals surface area (Å²) in [7, 11) is 0. The third-order valence-electron chi connectivity index (χ3n) is 8.10. The molecule has 6 heterocycles. The number of fused-ring (bicyclic) bond motifs is 3. The fourth-order valence-electron chi connectivity index (χ4n) is 6.30. The molecule has 3 saturated heterocycles. The number of rotatable bonds is 5. The summed E-state index contributed by atoms with van der Waals surface area (Å²) in [5.74, 6) is 0.0786. The topological polar surface area (TPSA) is 125 Å². The number of halogens is 2. The van der Waals surface area contributed by atoms with Crippen molar-refractivity contribution in [1.29, 1.82) is 0 Å². The van der Waals surface area contributed by atoms with Gasteiger partial charge in [-0.15, -0.1) is 0 Å². The standard InChI is InChI=1S/C26H28F2N8O2S/c27-14-11-26(4-1-7-36(26)12-14)13-38-25-32-18-10-17(15-2-3-16(28)21-20(15)33-24(29)39-21)31-23(37)19(18)22(34-25)35-8-5-30-6-9-35/h2-3,10,14,30H,1,4-9,11-13H2,(H2,29,33)(H,31,37)/t14-,26+/m1/s1. The average molecular weight is 555 g/mol. The lowest BCUT2D eigenvalue weighted by atomic mass is 9.95. The predicted octanol–water partition coefficient (Wildman–Crippen LogP) is 2.68. The van der Waals surface area contributed by atoms with Gasteiger partial charge in [0.05, 0.1) is 27.0 Å². The van der Waals surface area contributed by atoms with E-state index in [1.807, 2.05) is 4.90 Å². The lowest BCUT2D eigenvalue weighted by Crippen LogP contribution is -2.44. The minimum atomic E-state index is -0.865. The number of aromatic amines is 1. The molecule has 204 valence electrons. The van der Waals surface area contributed by atoms with Gasteiger partial charge >= 0.3 is 6.01 Å². The molecule has 39 heavy (non-hydrogen) atoms. The van der Waals surface area contributed by atoms with Gasteiger partial charge in [0.25, 0.3) is 5.56 Å². The van der Waals surface area contributed by atoms with Crippen molar-refractivity contribution in [2.24, 2.45) is 0 Å². The Balaban J connectivity index is 1.33. The molecular weight excluding hydrogens is 526 g/mol. The van der Waals surface area contributed by atoms with Crippen LogP contribution in [0.5, 0.6) is 6.01 Å². The molecule has 3 aliphatic heterocycles. The SMILES string of the molecule is Nc1nc2c(-c3cc4nc(OC[C@@]56CCCN5C[C@H](F)C6)nc(N5CCNCC5)c4c(=O)[nH]3)ccc(F)c2s1. The number of nitrogens with one attached hydrogen (secondary N) is 2. The smallest absolute Gasteiger partial charge is 0.319 e. The van der Waals surface area contributed by atoms with E-state index >= 15 is 0 Å². The number of nitrogen functional groups attached to an aromatic ring is 1. The zero-order chi connectivity index (χ0) is 26.7. The molecular formula is C26H28F2N8O2S. The fraction of sp³-hybridized carbons (Fsp3) is 0.462. The van der Waals surface area contributed by atoms with Crippen LogP contribution in [0.15, 0.2) is 23.0 Å². The highest BCUT2D eigenvalue weighted by Gasteiger charge is 2.49. The summed E-state index contributed by atoms with van der Waals surface area (Å²) in [4.78, 5) is 34.3. The molecule has 0 bridgehead atoms. The van der Waals surface area contributed by atoms with Crippen LogP contribution in [0.25, 0.3) is 32.4 Å². The molecule has 0 saturated carbocycles. The van der Waals surface area contributed by atoms with Crippen LogP contribution >= 0.6 is 11.3 Å². The zero-order valence-electron chi connectivity index (χ0n) is 21.2. The van der Waals surface area contributed by atoms with E-state index in [1.54, 1.807) is 12.1 Å². The number of nitrogens with two attached hydrogens (primary N) is 1. The number of pyridine rings is 1. The first-order valence-electron chi connectivity index (χ1n) is 13.2. The molecule has 2 atom stereocenters. The quantitative estimate of drug-likeness (QED) is 0.341. The van der Waals surface area contributed by atoms with Gasteiger partial charge in [0.2, 0.25) is 0 Å². The van der Waals surface area contributed by atoms with E-state index < -0.39 is 12.0 Å². The number of H-pyrrole nitrogens is 1. The third-order valence-corrected chi connectivity index (χ3v) is 9.00. The number of nitrogens with zero attached hydrogens (tertiary/aromatic N) is 5. The molecule has 0 amide bonds. The summed E-state index contributed by atoms with van der Waals surface area (Å²) in [6.07, 6.45) is 1.45. The molecule has 0 aliphatic carbocycles. The second-order valence-electron chi connectivity index (χ2n) is 10.5. The number of ether oxygens (including phenoxy) is 1. The molecule has 13 heteroatoms. The van der Waals surface area contributed by atoms with Gasteiger partial charge in [-0.05, 0) is 37.6 Å². The molecule has 7 rings (SSSR count). The second-order valence-corrected chi connectivity index (χ2v) is 11.6. The molecule has 3 aromatic heterocycles. The summed E-state index contributed by atoms with van der Waals surface area (Å²) in [5.41, 5.74) is 6.93. The van der Waals surface area contributed by atoms with Crippen molar-refractivity contribution in [2.45, 2.75) is 31.0 Å². The van der Waals surface area contributed by atoms with Crippen LogP contribution in [0.1, 0.15) is 19.3 Å². The molecule has 3 fully saturated rings. The van der Waals surface area contributed by atoms with Gasteiger partial charge in [-0.2, -0.15) is 9.97 Å². The minimum Gasteiger partial charge on any atom is -0.461 e. The highest BCUT2D eigenvalue weighted by Crippen LogP contribution is 2.40. The van der Waals surface area contributed by atoms with Crippen LogP contribution in [-0.2, 0) is 0 Å². The molecule has 0 radical (unpaired) electrons. The Labute approximate surface area is 226 Å². The third kappa shape index (κ3) is 4.19. The Kier molecular flexibility index (Phi) is 5.90. The second kappa shape index (κ2) is 9.35. The Morgan fingerprint density at radius 2 is 2.05 bits per heavy atom. The maximum atomic E-state index is 14.4. The monoisotopic (exact) mass is 554 g/mol. The molecule has 10 nitrogen and oxygen atoms in total. The van der Waals surface area contributed by atoms with Crippen LogP contribution in [0.3, 0.4) is 0 Å². The van der Waals surface area contributed by atoms with Crippen molar-refractivity contribution in [3.63, 3.8) is 0 Å². The lowest BCUT2D eigenvalue weighted by Gasteiger charge is -2.31. The summed E-state index contributed by atoms with van der Waals surface area (Å²) in [6.45, 7) is 4.43. The first-order valence-corrected chi connectivity index (χ1v) is 14.0. The Hall–Kier alpha value is -3.42. The number of thiazole rings is 1. The van der Waals surface area contributed by atoms with Crippen LogP contribution < -0.4 is 26.2 Å². The number of aromatic nitrogens is 4. The van der Waals surface area contributed by atoms with E-state index in [1.165, 1.54) is 6.07 Å². The summed E-state index contributed by atoms with van der Waals surface area (Å²) in [6, 6.07) is 4.81. The number of anilines is 2. The van der Waals surface area contributed by atoms with Crippen molar-refractivity contribution in [3.05, 3.63) is 34.4 Å². The molecule has 0 unspecified atom stereocenters. The van der Waals surface area contributed by atoms with E-state index in [9.17, 15) is 13.6 Å². The maximum absolute atomic E-state index is 14.4. The number of hydrogen-bond donors (Lipinski definition) is 3. The van der Waals surface area contributed by atoms with Crippen LogP contribution in [0.4, 0.5) is 19.7 Å². The van der Waals surface area contributed by atoms with E-state index in [0.29, 0.717) is 64.2 Å². The lowest BCUT2D eigenvalue weighted by molar-refractivity contribution is 0.107. The fourth-order valence-corrected chi connectivity index (χ4v) is 7.06. The molecule has 1 aromatic carbocycles. The number of hydrogen-bond acceptors (Lipinski definition) is 10. The van der Waals surface area contributed by atoms with Gasteiger partial charge in [-0.25, -0.2) is 13.8 Å². The van der Waals surface area contributed by atoms with Crippen molar-refractivity contribution in [2.75, 3.05) is 56.5 Å². The Morgan fingerprint density at radius 3 is 2.90 bits per heavy atom. The van der Waals surface area contributed by atoms with Gasteiger partial charge in [-0.3, -0.25) is 9.69 Å². The average Bonchev–Trinajstić information content (AvgIpc) is 3.59. The van der Waals surface area contributed by atoms with E-state index in [0.717, 1.165) is 43.8 Å². The Morgan fingerprint density at radius 1 is 1.21 bits per heavy atom. The Bertz CT molecular complexity index is 1640. The molecule has 4 aromatic rings. The summed E-state index contributed by atoms with van der Waals surface area (Å²) in [5, 5.41) is 3.91. The predicted molar refractivity (Wildman–Crippen MR) is 147 cm³/mol. The van der Waals surface area contributed by atoms with Crippen LogP contribution in [0, 0.1) is 5.82 Å². The van der Waals surface area contributed by atoms with Gasteiger partial charge in [0, 0.05) is 44.7 Å². The largest absolute Gasteiger partial charge is 0.461 e. The zero-order valence-corrected chi connectivity index (χ0v) is 22.0. The first-order chi connectivity index (χ1) is 18.9. The van der Waals surface area contributed by atoms with Crippen molar-refractivity contribution in [3.8, 4) is 17.3 Å². The van der Waals surface area contributed by atoms with E-state index in [2.05, 4.69) is 25.2 Å². The number of alkyl halides is 1. The molecule has 0 spiro atoms. The highest BCUT2D eigenvalue weighted by molar-refractivity contribution is 7.22. The minimum absolute atomic E-state index is 0.151. The van der Waals surface area contributed by atoms with Gasteiger partial charge in [0.15, 0.2) is 5.13 Å². The van der Waals surface area contributed by atoms with E-state index in [-0.39, 0.29) is 28.8 Å². The van der Waals surface area contributed by atoms with Crippen molar-refractivity contribution < 1.29 is 13.5 Å². The van der Waals surface area contributed by atoms with Gasteiger partial charge in [0.1, 0.15) is 29.8 Å². The maximum Gasteiger partial charge on any atom is 0.319 e. The first kappa shape index (κ1) is 24.6. The summed E-state index contributed by atoms with van der Waals surface area (Å²) < 4.78 is 35.3. The van der Waals surface area contributed by atoms with E-state index in [4.69, 9.17) is 15.5 Å². The molecule has 3 aliphatic rings. The van der Waals surface area contributed by atoms with Gasteiger partial charge < -0.3 is 25.7 Å². The van der Waals surface area contributed by atoms with Crippen LogP contribution in [0.2, 0.25) is 0 Å². The normalized spacial score (nSPS) is 23.6. The molecule has 4 N–H and O–H groups in total. The number of piperazine rings is 1. The van der Waals surface area contributed by atoms with Crippen LogP contribution in [-0.4, -0.2) is 82.4 Å². The summed E-state index contributed by atoms with van der Waals surface area (Å²) >= 11 is 1.06. The highest BCUT2D eigenvalue weighted by atomic mass is 32.1.